The van der Waals surface area contributed by atoms with Crippen molar-refractivity contribution in [2.75, 3.05) is 11.6 Å². The molecule has 5 nitrogen and oxygen atoms in total. The van der Waals surface area contributed by atoms with Gasteiger partial charge in [-0.1, -0.05) is 28.9 Å². The highest BCUT2D eigenvalue weighted by molar-refractivity contribution is 7.98. The van der Waals surface area contributed by atoms with Crippen LogP contribution in [0.15, 0.2) is 57.8 Å². The minimum Gasteiger partial charge on any atom is -0.403 e. The van der Waals surface area contributed by atoms with Gasteiger partial charge in [0, 0.05) is 16.0 Å². The summed E-state index contributed by atoms with van der Waals surface area (Å²) in [5, 5.41) is 10.5. The average molecular weight is 325 g/mol. The highest BCUT2D eigenvalue weighted by Gasteiger charge is 2.13. The number of carbonyl (C=O) groups is 1. The zero-order valence-corrected chi connectivity index (χ0v) is 13.6. The first kappa shape index (κ1) is 15.3. The summed E-state index contributed by atoms with van der Waals surface area (Å²) in [5.41, 5.74) is 2.51. The first-order chi connectivity index (χ1) is 11.2. The molecule has 0 aliphatic carbocycles. The van der Waals surface area contributed by atoms with Crippen molar-refractivity contribution in [1.29, 1.82) is 0 Å². The van der Waals surface area contributed by atoms with Crippen molar-refractivity contribution >= 4 is 23.7 Å². The summed E-state index contributed by atoms with van der Waals surface area (Å²) >= 11 is 1.58. The quantitative estimate of drug-likeness (QED) is 0.734. The number of anilines is 1. The molecule has 0 spiro atoms. The zero-order chi connectivity index (χ0) is 16.2. The minimum absolute atomic E-state index is 0.0835. The zero-order valence-electron chi connectivity index (χ0n) is 12.7. The molecule has 2 aromatic carbocycles. The van der Waals surface area contributed by atoms with Crippen molar-refractivity contribution < 1.29 is 9.21 Å². The van der Waals surface area contributed by atoms with E-state index in [4.69, 9.17) is 4.42 Å². The van der Waals surface area contributed by atoms with Crippen LogP contribution in [0.1, 0.15) is 15.9 Å². The number of thioether (sulfide) groups is 1. The number of rotatable bonds is 4. The lowest BCUT2D eigenvalue weighted by Crippen LogP contribution is -2.12. The lowest BCUT2D eigenvalue weighted by Gasteiger charge is -2.02. The standard InChI is InChI=1S/C17H15N3O2S/c1-11-6-8-12(9-7-11)16-19-20-17(22-16)18-15(21)13-4-3-5-14(10-13)23-2/h3-10H,1-2H3,(H,18,20,21). The first-order valence-electron chi connectivity index (χ1n) is 7.01. The molecule has 1 aromatic heterocycles. The van der Waals surface area contributed by atoms with Crippen molar-refractivity contribution in [2.45, 2.75) is 11.8 Å². The Morgan fingerprint density at radius 1 is 1.13 bits per heavy atom. The number of nitrogens with zero attached hydrogens (tertiary/aromatic N) is 2. The van der Waals surface area contributed by atoms with Crippen LogP contribution in [0.4, 0.5) is 6.01 Å². The van der Waals surface area contributed by atoms with E-state index in [0.29, 0.717) is 11.5 Å². The summed E-state index contributed by atoms with van der Waals surface area (Å²) in [4.78, 5) is 13.2. The van der Waals surface area contributed by atoms with Gasteiger partial charge in [-0.2, -0.15) is 0 Å². The van der Waals surface area contributed by atoms with E-state index >= 15 is 0 Å². The molecule has 1 N–H and O–H groups in total. The third-order valence-corrected chi connectivity index (χ3v) is 4.00. The molecule has 23 heavy (non-hydrogen) atoms. The van der Waals surface area contributed by atoms with E-state index in [9.17, 15) is 4.79 Å². The van der Waals surface area contributed by atoms with E-state index < -0.39 is 0 Å². The highest BCUT2D eigenvalue weighted by atomic mass is 32.2. The third kappa shape index (κ3) is 3.60. The fourth-order valence-electron chi connectivity index (χ4n) is 2.02. The second kappa shape index (κ2) is 6.66. The molecule has 0 fully saturated rings. The molecule has 1 amide bonds. The number of amides is 1. The summed E-state index contributed by atoms with van der Waals surface area (Å²) in [6.07, 6.45) is 1.96. The molecule has 3 rings (SSSR count). The maximum Gasteiger partial charge on any atom is 0.322 e. The molecule has 0 saturated heterocycles. The Kier molecular flexibility index (Phi) is 4.43. The van der Waals surface area contributed by atoms with Crippen LogP contribution in [0.3, 0.4) is 0 Å². The van der Waals surface area contributed by atoms with E-state index in [0.717, 1.165) is 16.0 Å². The molecule has 0 unspecified atom stereocenters. The molecule has 0 saturated carbocycles. The number of aromatic nitrogens is 2. The second-order valence-electron chi connectivity index (χ2n) is 4.96. The van der Waals surface area contributed by atoms with Crippen molar-refractivity contribution in [2.24, 2.45) is 0 Å². The Balaban J connectivity index is 1.75. The number of benzene rings is 2. The van der Waals surface area contributed by atoms with Crippen LogP contribution in [-0.4, -0.2) is 22.4 Å². The van der Waals surface area contributed by atoms with Crippen molar-refractivity contribution in [3.63, 3.8) is 0 Å². The van der Waals surface area contributed by atoms with Gasteiger partial charge < -0.3 is 4.42 Å². The van der Waals surface area contributed by atoms with Gasteiger partial charge in [0.15, 0.2) is 0 Å². The molecular weight excluding hydrogens is 310 g/mol. The van der Waals surface area contributed by atoms with Crippen molar-refractivity contribution in [1.82, 2.24) is 10.2 Å². The number of hydrogen-bond acceptors (Lipinski definition) is 5. The molecule has 0 radical (unpaired) electrons. The van der Waals surface area contributed by atoms with Crippen LogP contribution in [0.5, 0.6) is 0 Å². The van der Waals surface area contributed by atoms with Gasteiger partial charge in [-0.05, 0) is 43.5 Å². The summed E-state index contributed by atoms with van der Waals surface area (Å²) < 4.78 is 5.50. The Morgan fingerprint density at radius 2 is 1.91 bits per heavy atom. The Bertz CT molecular complexity index is 828. The fourth-order valence-corrected chi connectivity index (χ4v) is 2.48. The predicted molar refractivity (Wildman–Crippen MR) is 90.6 cm³/mol. The SMILES string of the molecule is CSc1cccc(C(=O)Nc2nnc(-c3ccc(C)cc3)o2)c1. The van der Waals surface area contributed by atoms with E-state index in [2.05, 4.69) is 15.5 Å². The van der Waals surface area contributed by atoms with Gasteiger partial charge in [-0.3, -0.25) is 10.1 Å². The van der Waals surface area contributed by atoms with E-state index in [1.165, 1.54) is 0 Å². The van der Waals surface area contributed by atoms with Gasteiger partial charge in [-0.25, -0.2) is 0 Å². The molecule has 0 aliphatic heterocycles. The molecule has 0 aliphatic rings. The van der Waals surface area contributed by atoms with Gasteiger partial charge in [0.2, 0.25) is 5.89 Å². The van der Waals surface area contributed by atoms with E-state index in [1.807, 2.05) is 55.6 Å². The van der Waals surface area contributed by atoms with Crippen LogP contribution in [0.2, 0.25) is 0 Å². The van der Waals surface area contributed by atoms with Crippen molar-refractivity contribution in [3.05, 3.63) is 59.7 Å². The lowest BCUT2D eigenvalue weighted by atomic mass is 10.1. The topological polar surface area (TPSA) is 68.0 Å². The van der Waals surface area contributed by atoms with Crippen molar-refractivity contribution in [3.8, 4) is 11.5 Å². The summed E-state index contributed by atoms with van der Waals surface area (Å²) in [6.45, 7) is 2.01. The molecular formula is C17H15N3O2S. The average Bonchev–Trinajstić information content (AvgIpc) is 3.04. The van der Waals surface area contributed by atoms with E-state index in [1.54, 1.807) is 17.8 Å². The predicted octanol–water partition coefficient (Wildman–Crippen LogP) is 4.02. The van der Waals surface area contributed by atoms with Gasteiger partial charge in [0.1, 0.15) is 0 Å². The lowest BCUT2D eigenvalue weighted by molar-refractivity contribution is 0.102. The normalized spacial score (nSPS) is 10.5. The molecule has 1 heterocycles. The maximum atomic E-state index is 12.2. The summed E-state index contributed by atoms with van der Waals surface area (Å²) in [7, 11) is 0. The van der Waals surface area contributed by atoms with E-state index in [-0.39, 0.29) is 11.9 Å². The third-order valence-electron chi connectivity index (χ3n) is 3.28. The van der Waals surface area contributed by atoms with Gasteiger partial charge in [-0.15, -0.1) is 16.9 Å². The number of aryl methyl sites for hydroxylation is 1. The van der Waals surface area contributed by atoms with Crippen LogP contribution < -0.4 is 5.32 Å². The maximum absolute atomic E-state index is 12.2. The van der Waals surface area contributed by atoms with Crippen LogP contribution in [0, 0.1) is 6.92 Å². The smallest absolute Gasteiger partial charge is 0.322 e. The minimum atomic E-state index is -0.278. The summed E-state index contributed by atoms with van der Waals surface area (Å²) in [6, 6.07) is 15.2. The Hall–Kier alpha value is -2.60. The molecule has 0 bridgehead atoms. The first-order valence-corrected chi connectivity index (χ1v) is 8.24. The Labute approximate surface area is 138 Å². The fraction of sp³-hybridized carbons (Fsp3) is 0.118. The monoisotopic (exact) mass is 325 g/mol. The van der Waals surface area contributed by atoms with Crippen LogP contribution in [-0.2, 0) is 0 Å². The molecule has 3 aromatic rings. The molecule has 0 atom stereocenters. The van der Waals surface area contributed by atoms with Gasteiger partial charge in [0.25, 0.3) is 5.91 Å². The number of nitrogens with one attached hydrogen (secondary N) is 1. The Morgan fingerprint density at radius 3 is 2.65 bits per heavy atom. The molecule has 116 valence electrons. The van der Waals surface area contributed by atoms with Gasteiger partial charge >= 0.3 is 6.01 Å². The number of hydrogen-bond donors (Lipinski definition) is 1. The largest absolute Gasteiger partial charge is 0.403 e. The number of carbonyl (C=O) groups excluding carboxylic acids is 1. The second-order valence-corrected chi connectivity index (χ2v) is 5.84. The molecule has 6 heteroatoms. The van der Waals surface area contributed by atoms with Crippen LogP contribution in [0.25, 0.3) is 11.5 Å². The van der Waals surface area contributed by atoms with Gasteiger partial charge in [0.05, 0.1) is 0 Å². The highest BCUT2D eigenvalue weighted by Crippen LogP contribution is 2.21. The summed E-state index contributed by atoms with van der Waals surface area (Å²) in [5.74, 6) is 0.0955. The van der Waals surface area contributed by atoms with Crippen LogP contribution >= 0.6 is 11.8 Å².